The number of hydrogen-bond acceptors (Lipinski definition) is 1. The van der Waals surface area contributed by atoms with Crippen LogP contribution in [0, 0.1) is 6.92 Å². The van der Waals surface area contributed by atoms with Crippen molar-refractivity contribution in [3.05, 3.63) is 28.8 Å². The molecule has 30 heavy (non-hydrogen) atoms. The Morgan fingerprint density at radius 1 is 0.767 bits per heavy atom. The molecule has 0 bridgehead atoms. The third-order valence-corrected chi connectivity index (χ3v) is 3.90. The summed E-state index contributed by atoms with van der Waals surface area (Å²) in [5, 5.41) is 0.650. The van der Waals surface area contributed by atoms with Gasteiger partial charge in [0.2, 0.25) is 0 Å². The Balaban J connectivity index is 3.44. The van der Waals surface area contributed by atoms with Gasteiger partial charge in [0.05, 0.1) is 0 Å². The van der Waals surface area contributed by atoms with Crippen LogP contribution in [-0.4, -0.2) is 41.7 Å². The second kappa shape index (κ2) is 7.34. The number of aryl methyl sites for hydroxylation is 1. The van der Waals surface area contributed by atoms with Crippen LogP contribution in [0.25, 0.3) is 0 Å². The summed E-state index contributed by atoms with van der Waals surface area (Å²) in [4.78, 5) is 11.4. The van der Waals surface area contributed by atoms with E-state index in [-0.39, 0.29) is 10.6 Å². The van der Waals surface area contributed by atoms with Gasteiger partial charge in [0.25, 0.3) is 0 Å². The average molecular weight is 488 g/mol. The molecule has 0 aliphatic rings. The van der Waals surface area contributed by atoms with Gasteiger partial charge >= 0.3 is 41.7 Å². The monoisotopic (exact) mass is 487 g/mol. The zero-order valence-electron chi connectivity index (χ0n) is 13.9. The van der Waals surface area contributed by atoms with Gasteiger partial charge in [0, 0.05) is 10.7 Å². The molecule has 0 aromatic heterocycles. The Morgan fingerprint density at radius 2 is 1.20 bits per heavy atom. The largest absolute Gasteiger partial charge is 0.460 e. The number of benzene rings is 1. The van der Waals surface area contributed by atoms with Crippen LogP contribution in [0.15, 0.2) is 18.2 Å². The van der Waals surface area contributed by atoms with Crippen LogP contribution >= 0.6 is 11.6 Å². The van der Waals surface area contributed by atoms with E-state index in [4.69, 9.17) is 11.6 Å². The summed E-state index contributed by atoms with van der Waals surface area (Å²) in [5.74, 6) is -41.9. The lowest BCUT2D eigenvalue weighted by Gasteiger charge is -2.39. The molecule has 16 heteroatoms. The molecule has 0 saturated carbocycles. The third-order valence-electron chi connectivity index (χ3n) is 3.67. The summed E-state index contributed by atoms with van der Waals surface area (Å²) in [5.41, 5.74) is -0.966. The second-order valence-electron chi connectivity index (χ2n) is 5.78. The van der Waals surface area contributed by atoms with Crippen molar-refractivity contribution in [2.24, 2.45) is 0 Å². The molecule has 0 aliphatic carbocycles. The van der Waals surface area contributed by atoms with E-state index < -0.39 is 47.4 Å². The van der Waals surface area contributed by atoms with Crippen molar-refractivity contribution in [1.29, 1.82) is 0 Å². The van der Waals surface area contributed by atoms with Crippen LogP contribution in [-0.2, 0) is 4.79 Å². The minimum Gasteiger partial charge on any atom is -0.320 e. The highest BCUT2D eigenvalue weighted by atomic mass is 35.5. The first kappa shape index (κ1) is 26.1. The minimum atomic E-state index is -8.07. The van der Waals surface area contributed by atoms with Gasteiger partial charge < -0.3 is 5.32 Å². The Bertz CT molecular complexity index is 819. The Morgan fingerprint density at radius 3 is 1.63 bits per heavy atom. The predicted octanol–water partition coefficient (Wildman–Crippen LogP) is 6.33. The number of carbonyl (C=O) groups excluding carboxylic acids is 1. The maximum atomic E-state index is 13.7. The molecule has 1 rings (SSSR count). The quantitative estimate of drug-likeness (QED) is 0.467. The maximum Gasteiger partial charge on any atom is 0.460 e. The van der Waals surface area contributed by atoms with Gasteiger partial charge in [-0.2, -0.15) is 57.1 Å². The molecular weight excluding hydrogens is 481 g/mol. The lowest BCUT2D eigenvalue weighted by Crippen LogP contribution is -2.71. The van der Waals surface area contributed by atoms with E-state index in [1.54, 1.807) is 0 Å². The zero-order valence-corrected chi connectivity index (χ0v) is 14.7. The van der Waals surface area contributed by atoms with Crippen molar-refractivity contribution in [1.82, 2.24) is 0 Å². The number of amides is 1. The van der Waals surface area contributed by atoms with Crippen LogP contribution in [0.2, 0.25) is 5.02 Å². The fourth-order valence-corrected chi connectivity index (χ4v) is 2.01. The van der Waals surface area contributed by atoms with E-state index in [0.29, 0.717) is 6.07 Å². The maximum absolute atomic E-state index is 13.7. The molecule has 0 unspecified atom stereocenters. The van der Waals surface area contributed by atoms with Gasteiger partial charge in [-0.05, 0) is 24.6 Å². The molecular formula is C14H7ClF13NO. The van der Waals surface area contributed by atoms with Crippen molar-refractivity contribution < 1.29 is 61.9 Å². The van der Waals surface area contributed by atoms with E-state index in [9.17, 15) is 61.9 Å². The normalized spacial score (nSPS) is 14.6. The fourth-order valence-electron chi connectivity index (χ4n) is 1.84. The molecule has 0 fully saturated rings. The molecule has 2 nitrogen and oxygen atoms in total. The highest BCUT2D eigenvalue weighted by Gasteiger charge is 2.91. The van der Waals surface area contributed by atoms with Gasteiger partial charge in [-0.15, -0.1) is 0 Å². The summed E-state index contributed by atoms with van der Waals surface area (Å²) < 4.78 is 169. The first-order valence-electron chi connectivity index (χ1n) is 7.09. The summed E-state index contributed by atoms with van der Waals surface area (Å²) in [6, 6.07) is 2.77. The van der Waals surface area contributed by atoms with E-state index in [1.165, 1.54) is 0 Å². The van der Waals surface area contributed by atoms with Crippen molar-refractivity contribution in [3.8, 4) is 0 Å². The molecule has 1 N–H and O–H groups in total. The van der Waals surface area contributed by atoms with E-state index in [1.807, 2.05) is 0 Å². The van der Waals surface area contributed by atoms with Crippen LogP contribution in [0.5, 0.6) is 0 Å². The third kappa shape index (κ3) is 3.75. The molecule has 1 aromatic rings. The SMILES string of the molecule is Cc1ccc(Cl)cc1NC(=O)C(F)(F)C(F)(F)C(F)(F)C(F)(F)C(F)(F)C(F)(F)F. The molecule has 0 saturated heterocycles. The van der Waals surface area contributed by atoms with E-state index in [2.05, 4.69) is 0 Å². The summed E-state index contributed by atoms with van der Waals surface area (Å²) in [6.45, 7) is 1.06. The summed E-state index contributed by atoms with van der Waals surface area (Å²) in [6.07, 6.45) is -7.52. The number of anilines is 1. The summed E-state index contributed by atoms with van der Waals surface area (Å²) in [7, 11) is 0. The van der Waals surface area contributed by atoms with Crippen molar-refractivity contribution in [2.75, 3.05) is 5.32 Å². The van der Waals surface area contributed by atoms with Crippen LogP contribution in [0.4, 0.5) is 62.8 Å². The van der Waals surface area contributed by atoms with Crippen LogP contribution in [0.3, 0.4) is 0 Å². The van der Waals surface area contributed by atoms with Gasteiger partial charge in [-0.3, -0.25) is 4.79 Å². The lowest BCUT2D eigenvalue weighted by atomic mass is 9.93. The smallest absolute Gasteiger partial charge is 0.320 e. The van der Waals surface area contributed by atoms with Gasteiger partial charge in [0.1, 0.15) is 0 Å². The number of halogens is 14. The highest BCUT2D eigenvalue weighted by Crippen LogP contribution is 2.60. The Hall–Kier alpha value is -1.93. The Kier molecular flexibility index (Phi) is 6.39. The Labute approximate surface area is 163 Å². The lowest BCUT2D eigenvalue weighted by molar-refractivity contribution is -0.435. The van der Waals surface area contributed by atoms with Gasteiger partial charge in [0.15, 0.2) is 0 Å². The molecule has 172 valence electrons. The van der Waals surface area contributed by atoms with Gasteiger partial charge in [-0.1, -0.05) is 17.7 Å². The van der Waals surface area contributed by atoms with Crippen LogP contribution < -0.4 is 5.32 Å². The minimum absolute atomic E-state index is 0.174. The highest BCUT2D eigenvalue weighted by molar-refractivity contribution is 6.31. The number of alkyl halides is 13. The van der Waals surface area contributed by atoms with Crippen LogP contribution in [0.1, 0.15) is 5.56 Å². The zero-order chi connectivity index (χ0) is 24.1. The first-order chi connectivity index (χ1) is 13.1. The first-order valence-corrected chi connectivity index (χ1v) is 7.47. The van der Waals surface area contributed by atoms with E-state index in [0.717, 1.165) is 24.4 Å². The predicted molar refractivity (Wildman–Crippen MR) is 75.6 cm³/mol. The molecule has 1 amide bonds. The number of hydrogen-bond donors (Lipinski definition) is 1. The number of rotatable bonds is 6. The van der Waals surface area contributed by atoms with Crippen molar-refractivity contribution in [3.63, 3.8) is 0 Å². The molecule has 0 atom stereocenters. The van der Waals surface area contributed by atoms with Crippen molar-refractivity contribution >= 4 is 23.2 Å². The molecule has 1 aromatic carbocycles. The number of carbonyl (C=O) groups is 1. The van der Waals surface area contributed by atoms with Crippen molar-refractivity contribution in [2.45, 2.75) is 42.7 Å². The summed E-state index contributed by atoms with van der Waals surface area (Å²) >= 11 is 5.43. The molecule has 0 spiro atoms. The standard InChI is InChI=1S/C14H7ClF13NO/c1-5-2-3-6(15)4-7(5)29-8(30)9(16,17)10(18,19)11(20,21)12(22,23)13(24,25)14(26,27)28/h2-4H,1H3,(H,29,30). The second-order valence-corrected chi connectivity index (χ2v) is 6.22. The molecule has 0 aliphatic heterocycles. The topological polar surface area (TPSA) is 29.1 Å². The number of nitrogens with one attached hydrogen (secondary N) is 1. The van der Waals surface area contributed by atoms with E-state index >= 15 is 0 Å². The molecule has 0 radical (unpaired) electrons. The fraction of sp³-hybridized carbons (Fsp3) is 0.500. The van der Waals surface area contributed by atoms with Gasteiger partial charge in [-0.25, -0.2) is 0 Å². The molecule has 0 heterocycles. The average Bonchev–Trinajstić information content (AvgIpc) is 2.56.